The van der Waals surface area contributed by atoms with Crippen LogP contribution < -0.4 is 0 Å². The quantitative estimate of drug-likeness (QED) is 0.733. The second-order valence-electron chi connectivity index (χ2n) is 6.83. The van der Waals surface area contributed by atoms with Crippen molar-refractivity contribution in [2.75, 3.05) is 13.1 Å². The lowest BCUT2D eigenvalue weighted by molar-refractivity contribution is 0.0183. The summed E-state index contributed by atoms with van der Waals surface area (Å²) in [5, 5.41) is 0.731. The number of nitrogens with zero attached hydrogens (tertiary/aromatic N) is 1. The van der Waals surface area contributed by atoms with Crippen LogP contribution in [-0.4, -0.2) is 29.7 Å². The summed E-state index contributed by atoms with van der Waals surface area (Å²) in [6.07, 6.45) is 3.46. The Balaban J connectivity index is 2.07. The van der Waals surface area contributed by atoms with Gasteiger partial charge in [0.05, 0.1) is 0 Å². The number of carbonyl (C=O) groups excluding carboxylic acids is 1. The highest BCUT2D eigenvalue weighted by Gasteiger charge is 2.36. The van der Waals surface area contributed by atoms with Crippen LogP contribution in [-0.2, 0) is 10.2 Å². The van der Waals surface area contributed by atoms with Crippen LogP contribution in [0.5, 0.6) is 0 Å². The lowest BCUT2D eigenvalue weighted by Gasteiger charge is -2.40. The molecule has 0 aliphatic carbocycles. The van der Waals surface area contributed by atoms with Gasteiger partial charge in [-0.05, 0) is 51.3 Å². The molecule has 1 amide bonds. The summed E-state index contributed by atoms with van der Waals surface area (Å²) in [5.41, 5.74) is 0.652. The van der Waals surface area contributed by atoms with Crippen molar-refractivity contribution < 1.29 is 9.53 Å². The largest absolute Gasteiger partial charge is 0.444 e. The number of hydrogen-bond donors (Lipinski definition) is 0. The van der Waals surface area contributed by atoms with Crippen LogP contribution in [0.25, 0.3) is 0 Å². The Morgan fingerprint density at radius 1 is 1.27 bits per heavy atom. The Kier molecular flexibility index (Phi) is 4.86. The smallest absolute Gasteiger partial charge is 0.410 e. The normalized spacial score (nSPS) is 17.9. The van der Waals surface area contributed by atoms with Crippen LogP contribution in [0.1, 0.15) is 39.2 Å². The Labute approximate surface area is 137 Å². The molecule has 0 atom stereocenters. The minimum Gasteiger partial charge on any atom is -0.444 e. The van der Waals surface area contributed by atoms with Gasteiger partial charge in [0.25, 0.3) is 0 Å². The van der Waals surface area contributed by atoms with Gasteiger partial charge in [0.15, 0.2) is 0 Å². The molecule has 0 spiro atoms. The predicted octanol–water partition coefficient (Wildman–Crippen LogP) is 4.79. The molecule has 0 N–H and O–H groups in total. The molecule has 0 radical (unpaired) electrons. The standard InChI is InChI=1S/C18H24ClNO2/c1-5-18(14-6-8-15(19)9-7-14)10-12-20(13-11-18)16(21)22-17(2,3)4/h5-9H,1,10-13H2,2-4H3. The molecule has 1 aromatic rings. The van der Waals surface area contributed by atoms with Crippen molar-refractivity contribution in [3.05, 3.63) is 47.5 Å². The van der Waals surface area contributed by atoms with E-state index in [-0.39, 0.29) is 11.5 Å². The number of amides is 1. The number of piperidine rings is 1. The Morgan fingerprint density at radius 2 is 1.82 bits per heavy atom. The summed E-state index contributed by atoms with van der Waals surface area (Å²) >= 11 is 5.97. The van der Waals surface area contributed by atoms with Crippen LogP contribution in [0.3, 0.4) is 0 Å². The molecule has 2 rings (SSSR count). The zero-order valence-electron chi connectivity index (χ0n) is 13.6. The molecule has 0 saturated carbocycles. The number of ether oxygens (including phenoxy) is 1. The monoisotopic (exact) mass is 321 g/mol. The first kappa shape index (κ1) is 16.9. The van der Waals surface area contributed by atoms with Gasteiger partial charge in [0.2, 0.25) is 0 Å². The van der Waals surface area contributed by atoms with Crippen molar-refractivity contribution in [2.45, 2.75) is 44.6 Å². The van der Waals surface area contributed by atoms with E-state index in [2.05, 4.69) is 6.58 Å². The fourth-order valence-corrected chi connectivity index (χ4v) is 2.93. The van der Waals surface area contributed by atoms with Crippen LogP contribution in [0.2, 0.25) is 5.02 Å². The molecule has 1 aliphatic heterocycles. The van der Waals surface area contributed by atoms with Crippen molar-refractivity contribution in [2.24, 2.45) is 0 Å². The summed E-state index contributed by atoms with van der Waals surface area (Å²) in [4.78, 5) is 13.9. The maximum absolute atomic E-state index is 12.2. The summed E-state index contributed by atoms with van der Waals surface area (Å²) in [7, 11) is 0. The van der Waals surface area contributed by atoms with Crippen LogP contribution in [0.15, 0.2) is 36.9 Å². The number of rotatable bonds is 2. The SMILES string of the molecule is C=CC1(c2ccc(Cl)cc2)CCN(C(=O)OC(C)(C)C)CC1. The van der Waals surface area contributed by atoms with E-state index in [9.17, 15) is 4.79 Å². The first-order valence-corrected chi connectivity index (χ1v) is 8.01. The molecule has 22 heavy (non-hydrogen) atoms. The number of allylic oxidation sites excluding steroid dienone is 1. The van der Waals surface area contributed by atoms with Gasteiger partial charge in [-0.2, -0.15) is 0 Å². The van der Waals surface area contributed by atoms with Gasteiger partial charge in [-0.15, -0.1) is 6.58 Å². The molecule has 1 aromatic carbocycles. The lowest BCUT2D eigenvalue weighted by atomic mass is 9.73. The summed E-state index contributed by atoms with van der Waals surface area (Å²) in [6.45, 7) is 11.0. The molecule has 1 saturated heterocycles. The average Bonchev–Trinajstić information content (AvgIpc) is 2.46. The highest BCUT2D eigenvalue weighted by molar-refractivity contribution is 6.30. The van der Waals surface area contributed by atoms with E-state index in [4.69, 9.17) is 16.3 Å². The minimum atomic E-state index is -0.458. The summed E-state index contributed by atoms with van der Waals surface area (Å²) in [5.74, 6) is 0. The van der Waals surface area contributed by atoms with Gasteiger partial charge in [-0.1, -0.05) is 29.8 Å². The van der Waals surface area contributed by atoms with Crippen molar-refractivity contribution in [1.29, 1.82) is 0 Å². The van der Waals surface area contributed by atoms with Gasteiger partial charge in [-0.25, -0.2) is 4.79 Å². The van der Waals surface area contributed by atoms with Gasteiger partial charge in [0, 0.05) is 23.5 Å². The molecule has 0 bridgehead atoms. The van der Waals surface area contributed by atoms with Gasteiger partial charge in [-0.3, -0.25) is 0 Å². The zero-order valence-corrected chi connectivity index (χ0v) is 14.3. The van der Waals surface area contributed by atoms with E-state index in [1.165, 1.54) is 5.56 Å². The number of hydrogen-bond acceptors (Lipinski definition) is 2. The molecule has 120 valence electrons. The molecule has 4 heteroatoms. The van der Waals surface area contributed by atoms with E-state index in [1.54, 1.807) is 4.90 Å². The fraction of sp³-hybridized carbons (Fsp3) is 0.500. The van der Waals surface area contributed by atoms with E-state index >= 15 is 0 Å². The molecular formula is C18H24ClNO2. The zero-order chi connectivity index (χ0) is 16.4. The lowest BCUT2D eigenvalue weighted by Crippen LogP contribution is -2.46. The van der Waals surface area contributed by atoms with E-state index < -0.39 is 5.60 Å². The van der Waals surface area contributed by atoms with E-state index in [0.29, 0.717) is 13.1 Å². The third-order valence-electron chi connectivity index (χ3n) is 4.12. The topological polar surface area (TPSA) is 29.5 Å². The van der Waals surface area contributed by atoms with Crippen molar-refractivity contribution in [3.8, 4) is 0 Å². The maximum atomic E-state index is 12.2. The van der Waals surface area contributed by atoms with Gasteiger partial charge >= 0.3 is 6.09 Å². The third-order valence-corrected chi connectivity index (χ3v) is 4.37. The molecule has 1 heterocycles. The number of halogens is 1. The Bertz CT molecular complexity index is 537. The average molecular weight is 322 g/mol. The van der Waals surface area contributed by atoms with E-state index in [1.807, 2.05) is 51.1 Å². The summed E-state index contributed by atoms with van der Waals surface area (Å²) < 4.78 is 5.44. The Morgan fingerprint density at radius 3 is 2.27 bits per heavy atom. The molecule has 1 fully saturated rings. The predicted molar refractivity (Wildman–Crippen MR) is 90.4 cm³/mol. The van der Waals surface area contributed by atoms with Gasteiger partial charge in [0.1, 0.15) is 5.60 Å². The number of likely N-dealkylation sites (tertiary alicyclic amines) is 1. The molecule has 0 aromatic heterocycles. The summed E-state index contributed by atoms with van der Waals surface area (Å²) in [6, 6.07) is 7.91. The molecule has 0 unspecified atom stereocenters. The third kappa shape index (κ3) is 3.83. The minimum absolute atomic E-state index is 0.0941. The molecular weight excluding hydrogens is 298 g/mol. The first-order valence-electron chi connectivity index (χ1n) is 7.63. The van der Waals surface area contributed by atoms with E-state index in [0.717, 1.165) is 17.9 Å². The maximum Gasteiger partial charge on any atom is 0.410 e. The Hall–Kier alpha value is -1.48. The first-order chi connectivity index (χ1) is 10.3. The number of carbonyl (C=O) groups is 1. The van der Waals surface area contributed by atoms with Crippen LogP contribution in [0, 0.1) is 0 Å². The highest BCUT2D eigenvalue weighted by atomic mass is 35.5. The second-order valence-corrected chi connectivity index (χ2v) is 7.27. The molecule has 1 aliphatic rings. The van der Waals surface area contributed by atoms with Crippen molar-refractivity contribution in [1.82, 2.24) is 4.90 Å². The van der Waals surface area contributed by atoms with Crippen molar-refractivity contribution >= 4 is 17.7 Å². The number of benzene rings is 1. The van der Waals surface area contributed by atoms with Crippen LogP contribution in [0.4, 0.5) is 4.79 Å². The second kappa shape index (κ2) is 6.33. The van der Waals surface area contributed by atoms with Gasteiger partial charge < -0.3 is 9.64 Å². The highest BCUT2D eigenvalue weighted by Crippen LogP contribution is 2.37. The van der Waals surface area contributed by atoms with Crippen molar-refractivity contribution in [3.63, 3.8) is 0 Å². The fourth-order valence-electron chi connectivity index (χ4n) is 2.81. The molecule has 3 nitrogen and oxygen atoms in total. The van der Waals surface area contributed by atoms with Crippen LogP contribution >= 0.6 is 11.6 Å².